The zero-order chi connectivity index (χ0) is 13.5. The van der Waals surface area contributed by atoms with Gasteiger partial charge in [-0.1, -0.05) is 18.2 Å². The third-order valence-electron chi connectivity index (χ3n) is 2.49. The summed E-state index contributed by atoms with van der Waals surface area (Å²) in [4.78, 5) is 11.7. The van der Waals surface area contributed by atoms with Crippen molar-refractivity contribution in [3.63, 3.8) is 0 Å². The molecule has 2 aromatic carbocycles. The van der Waals surface area contributed by atoms with Crippen LogP contribution in [0.4, 0.5) is 5.69 Å². The van der Waals surface area contributed by atoms with Crippen LogP contribution >= 0.6 is 0 Å². The Bertz CT molecular complexity index is 525. The van der Waals surface area contributed by atoms with Crippen molar-refractivity contribution in [2.75, 3.05) is 19.0 Å². The van der Waals surface area contributed by atoms with Gasteiger partial charge in [0.25, 0.3) is 5.91 Å². The van der Waals surface area contributed by atoms with Gasteiger partial charge in [-0.3, -0.25) is 4.79 Å². The number of nitrogens with one attached hydrogen (secondary N) is 1. The highest BCUT2D eigenvalue weighted by Crippen LogP contribution is 2.15. The van der Waals surface area contributed by atoms with Crippen LogP contribution in [0.25, 0.3) is 0 Å². The second-order valence-electron chi connectivity index (χ2n) is 3.88. The normalized spacial score (nSPS) is 9.25. The lowest BCUT2D eigenvalue weighted by Crippen LogP contribution is -2.20. The SMILES string of the molecule is COc1ccc(NC(=O)COc2ccccc2)cc1.O. The molecule has 2 aromatic rings. The fraction of sp³-hybridized carbons (Fsp3) is 0.133. The molecule has 0 aliphatic heterocycles. The Morgan fingerprint density at radius 2 is 1.65 bits per heavy atom. The van der Waals surface area contributed by atoms with Crippen molar-refractivity contribution in [3.05, 3.63) is 54.6 Å². The van der Waals surface area contributed by atoms with Crippen LogP contribution in [-0.4, -0.2) is 25.1 Å². The Morgan fingerprint density at radius 3 is 2.25 bits per heavy atom. The molecule has 0 aliphatic rings. The Kier molecular flexibility index (Phi) is 6.06. The molecule has 1 amide bonds. The minimum absolute atomic E-state index is 0. The summed E-state index contributed by atoms with van der Waals surface area (Å²) in [6.07, 6.45) is 0. The molecule has 0 saturated carbocycles. The molecular weight excluding hydrogens is 258 g/mol. The number of carbonyl (C=O) groups is 1. The molecule has 0 aromatic heterocycles. The predicted octanol–water partition coefficient (Wildman–Crippen LogP) is 1.89. The van der Waals surface area contributed by atoms with Crippen molar-refractivity contribution >= 4 is 11.6 Å². The highest BCUT2D eigenvalue weighted by atomic mass is 16.5. The lowest BCUT2D eigenvalue weighted by atomic mass is 10.3. The van der Waals surface area contributed by atoms with E-state index < -0.39 is 0 Å². The molecule has 0 atom stereocenters. The average molecular weight is 275 g/mol. The molecule has 0 spiro atoms. The molecule has 3 N–H and O–H groups in total. The van der Waals surface area contributed by atoms with Crippen molar-refractivity contribution in [2.45, 2.75) is 0 Å². The molecule has 106 valence electrons. The summed E-state index contributed by atoms with van der Waals surface area (Å²) >= 11 is 0. The molecule has 0 unspecified atom stereocenters. The predicted molar refractivity (Wildman–Crippen MR) is 77.2 cm³/mol. The zero-order valence-electron chi connectivity index (χ0n) is 11.1. The molecule has 5 heteroatoms. The third-order valence-corrected chi connectivity index (χ3v) is 2.49. The number of benzene rings is 2. The smallest absolute Gasteiger partial charge is 0.262 e. The molecule has 0 heterocycles. The van der Waals surface area contributed by atoms with Crippen LogP contribution in [0, 0.1) is 0 Å². The summed E-state index contributed by atoms with van der Waals surface area (Å²) in [7, 11) is 1.60. The van der Waals surface area contributed by atoms with Crippen molar-refractivity contribution in [1.29, 1.82) is 0 Å². The van der Waals surface area contributed by atoms with Gasteiger partial charge in [-0.25, -0.2) is 0 Å². The molecule has 0 fully saturated rings. The van der Waals surface area contributed by atoms with Gasteiger partial charge in [0.2, 0.25) is 0 Å². The zero-order valence-corrected chi connectivity index (χ0v) is 11.1. The number of ether oxygens (including phenoxy) is 2. The monoisotopic (exact) mass is 275 g/mol. The second-order valence-corrected chi connectivity index (χ2v) is 3.88. The topological polar surface area (TPSA) is 79.1 Å². The fourth-order valence-electron chi connectivity index (χ4n) is 1.54. The molecular formula is C15H17NO4. The van der Waals surface area contributed by atoms with Gasteiger partial charge in [0.15, 0.2) is 6.61 Å². The number of hydrogen-bond donors (Lipinski definition) is 1. The van der Waals surface area contributed by atoms with Crippen LogP contribution in [0.3, 0.4) is 0 Å². The largest absolute Gasteiger partial charge is 0.497 e. The minimum atomic E-state index is -0.200. The van der Waals surface area contributed by atoms with Crippen molar-refractivity contribution in [2.24, 2.45) is 0 Å². The number of hydrogen-bond acceptors (Lipinski definition) is 3. The Morgan fingerprint density at radius 1 is 1.00 bits per heavy atom. The summed E-state index contributed by atoms with van der Waals surface area (Å²) in [5.41, 5.74) is 0.711. The second kappa shape index (κ2) is 7.81. The summed E-state index contributed by atoms with van der Waals surface area (Å²) in [5, 5.41) is 2.74. The number of methoxy groups -OCH3 is 1. The standard InChI is InChI=1S/C15H15NO3.H2O/c1-18-13-9-7-12(8-10-13)16-15(17)11-19-14-5-3-2-4-6-14;/h2-10H,11H2,1H3,(H,16,17);1H2. The molecule has 0 saturated heterocycles. The van der Waals surface area contributed by atoms with Crippen molar-refractivity contribution in [3.8, 4) is 11.5 Å². The summed E-state index contributed by atoms with van der Waals surface area (Å²) in [6.45, 7) is -0.0178. The summed E-state index contributed by atoms with van der Waals surface area (Å²) in [5.74, 6) is 1.22. The van der Waals surface area contributed by atoms with Gasteiger partial charge in [0, 0.05) is 5.69 Å². The third kappa shape index (κ3) is 4.62. The number of carbonyl (C=O) groups excluding carboxylic acids is 1. The van der Waals surface area contributed by atoms with Crippen LogP contribution in [0.5, 0.6) is 11.5 Å². The molecule has 5 nitrogen and oxygen atoms in total. The van der Waals surface area contributed by atoms with E-state index in [0.29, 0.717) is 11.4 Å². The van der Waals surface area contributed by atoms with Gasteiger partial charge >= 0.3 is 0 Å². The van der Waals surface area contributed by atoms with Gasteiger partial charge in [-0.15, -0.1) is 0 Å². The molecule has 2 rings (SSSR count). The molecule has 0 aliphatic carbocycles. The van der Waals surface area contributed by atoms with Crippen LogP contribution in [0.2, 0.25) is 0 Å². The van der Waals surface area contributed by atoms with E-state index in [9.17, 15) is 4.79 Å². The number of amides is 1. The van der Waals surface area contributed by atoms with Gasteiger partial charge < -0.3 is 20.3 Å². The fourth-order valence-corrected chi connectivity index (χ4v) is 1.54. The Balaban J connectivity index is 0.00000200. The Labute approximate surface area is 117 Å². The van der Waals surface area contributed by atoms with Gasteiger partial charge in [0.1, 0.15) is 11.5 Å². The van der Waals surface area contributed by atoms with E-state index in [2.05, 4.69) is 5.32 Å². The molecule has 20 heavy (non-hydrogen) atoms. The van der Waals surface area contributed by atoms with Gasteiger partial charge in [-0.05, 0) is 36.4 Å². The highest BCUT2D eigenvalue weighted by Gasteiger charge is 2.03. The van der Waals surface area contributed by atoms with Gasteiger partial charge in [0.05, 0.1) is 7.11 Å². The maximum Gasteiger partial charge on any atom is 0.262 e. The maximum absolute atomic E-state index is 11.7. The van der Waals surface area contributed by atoms with Crippen LogP contribution in [0.1, 0.15) is 0 Å². The number of anilines is 1. The Hall–Kier alpha value is -2.53. The van der Waals surface area contributed by atoms with Crippen LogP contribution in [0.15, 0.2) is 54.6 Å². The van der Waals surface area contributed by atoms with Crippen LogP contribution < -0.4 is 14.8 Å². The first kappa shape index (κ1) is 15.5. The average Bonchev–Trinajstić information content (AvgIpc) is 2.47. The first-order valence-corrected chi connectivity index (χ1v) is 5.89. The first-order valence-electron chi connectivity index (χ1n) is 5.89. The van der Waals surface area contributed by atoms with Gasteiger partial charge in [-0.2, -0.15) is 0 Å². The highest BCUT2D eigenvalue weighted by molar-refractivity contribution is 5.91. The molecule has 0 bridgehead atoms. The first-order chi connectivity index (χ1) is 9.28. The number of para-hydroxylation sites is 1. The van der Waals surface area contributed by atoms with E-state index in [1.54, 1.807) is 43.5 Å². The van der Waals surface area contributed by atoms with E-state index in [1.165, 1.54) is 0 Å². The van der Waals surface area contributed by atoms with E-state index in [1.807, 2.05) is 18.2 Å². The van der Waals surface area contributed by atoms with Crippen molar-refractivity contribution < 1.29 is 19.7 Å². The summed E-state index contributed by atoms with van der Waals surface area (Å²) < 4.78 is 10.4. The van der Waals surface area contributed by atoms with Crippen molar-refractivity contribution in [1.82, 2.24) is 0 Å². The van der Waals surface area contributed by atoms with E-state index in [-0.39, 0.29) is 18.0 Å². The van der Waals surface area contributed by atoms with Crippen LogP contribution in [-0.2, 0) is 4.79 Å². The molecule has 0 radical (unpaired) electrons. The lowest BCUT2D eigenvalue weighted by Gasteiger charge is -2.08. The van der Waals surface area contributed by atoms with E-state index >= 15 is 0 Å². The van der Waals surface area contributed by atoms with E-state index in [4.69, 9.17) is 9.47 Å². The van der Waals surface area contributed by atoms with E-state index in [0.717, 1.165) is 5.75 Å². The minimum Gasteiger partial charge on any atom is -0.497 e. The quantitative estimate of drug-likeness (QED) is 0.905. The maximum atomic E-state index is 11.7. The lowest BCUT2D eigenvalue weighted by molar-refractivity contribution is -0.118. The summed E-state index contributed by atoms with van der Waals surface area (Å²) in [6, 6.07) is 16.3. The number of rotatable bonds is 5.